The largest absolute Gasteiger partial charge is 0.476 e. The Bertz CT molecular complexity index is 1100. The van der Waals surface area contributed by atoms with Crippen LogP contribution in [0.2, 0.25) is 5.15 Å². The molecule has 128 valence electrons. The number of carboxylic acid groups (broad SMARTS) is 1. The number of aromatic nitrogens is 3. The number of carboxylic acids is 1. The molecule has 0 aliphatic rings. The Hall–Kier alpha value is -3.18. The Morgan fingerprint density at radius 1 is 1.08 bits per heavy atom. The van der Waals surface area contributed by atoms with Crippen LogP contribution in [0.1, 0.15) is 21.6 Å². The van der Waals surface area contributed by atoms with E-state index in [1.165, 1.54) is 0 Å². The van der Waals surface area contributed by atoms with Gasteiger partial charge in [-0.2, -0.15) is 5.10 Å². The van der Waals surface area contributed by atoms with E-state index in [1.54, 1.807) is 23.0 Å². The van der Waals surface area contributed by atoms with Gasteiger partial charge in [0.2, 0.25) is 0 Å². The maximum atomic E-state index is 11.3. The minimum Gasteiger partial charge on any atom is -0.476 e. The molecule has 4 rings (SSSR count). The van der Waals surface area contributed by atoms with Crippen molar-refractivity contribution in [3.8, 4) is 11.1 Å². The van der Waals surface area contributed by atoms with E-state index in [-0.39, 0.29) is 5.69 Å². The Labute approximate surface area is 154 Å². The van der Waals surface area contributed by atoms with Crippen LogP contribution in [0.25, 0.3) is 16.6 Å². The minimum absolute atomic E-state index is 0.0340. The fraction of sp³-hybridized carbons (Fsp3) is 0.0500. The van der Waals surface area contributed by atoms with Crippen molar-refractivity contribution in [1.82, 2.24) is 14.6 Å². The van der Waals surface area contributed by atoms with Gasteiger partial charge in [-0.05, 0) is 59.0 Å². The van der Waals surface area contributed by atoms with Crippen LogP contribution < -0.4 is 0 Å². The first-order chi connectivity index (χ1) is 12.6. The van der Waals surface area contributed by atoms with Gasteiger partial charge in [-0.1, -0.05) is 35.9 Å². The average molecular weight is 364 g/mol. The number of fused-ring (bicyclic) bond motifs is 1. The van der Waals surface area contributed by atoms with Gasteiger partial charge in [-0.15, -0.1) is 0 Å². The summed E-state index contributed by atoms with van der Waals surface area (Å²) in [5.41, 5.74) is 4.99. The molecule has 0 spiro atoms. The summed E-state index contributed by atoms with van der Waals surface area (Å²) in [6, 6.07) is 17.3. The summed E-state index contributed by atoms with van der Waals surface area (Å²) in [5.74, 6) is -1.04. The first-order valence-corrected chi connectivity index (χ1v) is 8.39. The van der Waals surface area contributed by atoms with E-state index >= 15 is 0 Å². The van der Waals surface area contributed by atoms with E-state index in [2.05, 4.69) is 10.1 Å². The second-order valence-electron chi connectivity index (χ2n) is 5.94. The highest BCUT2D eigenvalue weighted by atomic mass is 35.5. The molecule has 5 nitrogen and oxygen atoms in total. The van der Waals surface area contributed by atoms with Crippen molar-refractivity contribution in [2.45, 2.75) is 6.42 Å². The molecule has 4 aromatic rings. The predicted octanol–water partition coefficient (Wildman–Crippen LogP) is 4.34. The fourth-order valence-corrected chi connectivity index (χ4v) is 3.13. The van der Waals surface area contributed by atoms with Gasteiger partial charge in [-0.25, -0.2) is 14.3 Å². The molecule has 3 heterocycles. The Balaban J connectivity index is 1.66. The number of aromatic carboxylic acids is 1. The Morgan fingerprint density at radius 3 is 2.62 bits per heavy atom. The summed E-state index contributed by atoms with van der Waals surface area (Å²) < 4.78 is 1.60. The molecule has 0 fully saturated rings. The van der Waals surface area contributed by atoms with Crippen molar-refractivity contribution in [2.24, 2.45) is 0 Å². The zero-order valence-electron chi connectivity index (χ0n) is 13.6. The molecule has 0 aliphatic carbocycles. The number of carbonyl (C=O) groups is 1. The van der Waals surface area contributed by atoms with Gasteiger partial charge in [-0.3, -0.25) is 0 Å². The smallest absolute Gasteiger partial charge is 0.356 e. The summed E-state index contributed by atoms with van der Waals surface area (Å²) in [6.07, 6.45) is 4.05. The van der Waals surface area contributed by atoms with E-state index in [0.717, 1.165) is 27.8 Å². The monoisotopic (exact) mass is 363 g/mol. The van der Waals surface area contributed by atoms with Crippen LogP contribution >= 0.6 is 11.6 Å². The van der Waals surface area contributed by atoms with E-state index in [0.29, 0.717) is 11.6 Å². The van der Waals surface area contributed by atoms with Gasteiger partial charge < -0.3 is 5.11 Å². The molecule has 0 saturated carbocycles. The van der Waals surface area contributed by atoms with Crippen LogP contribution in [0.5, 0.6) is 0 Å². The van der Waals surface area contributed by atoms with Crippen molar-refractivity contribution < 1.29 is 9.90 Å². The van der Waals surface area contributed by atoms with Crippen molar-refractivity contribution in [1.29, 1.82) is 0 Å². The molecule has 26 heavy (non-hydrogen) atoms. The van der Waals surface area contributed by atoms with Crippen molar-refractivity contribution in [2.75, 3.05) is 0 Å². The van der Waals surface area contributed by atoms with Gasteiger partial charge in [0.05, 0.1) is 5.52 Å². The maximum absolute atomic E-state index is 11.3. The lowest BCUT2D eigenvalue weighted by molar-refractivity contribution is 0.0688. The maximum Gasteiger partial charge on any atom is 0.356 e. The molecule has 0 aliphatic heterocycles. The number of halogens is 1. The van der Waals surface area contributed by atoms with Crippen LogP contribution in [-0.2, 0) is 6.42 Å². The second kappa shape index (κ2) is 6.61. The van der Waals surface area contributed by atoms with Crippen LogP contribution in [0.4, 0.5) is 0 Å². The Morgan fingerprint density at radius 2 is 1.88 bits per heavy atom. The zero-order chi connectivity index (χ0) is 18.1. The lowest BCUT2D eigenvalue weighted by atomic mass is 10.0. The summed E-state index contributed by atoms with van der Waals surface area (Å²) in [7, 11) is 0. The van der Waals surface area contributed by atoms with Gasteiger partial charge in [0.25, 0.3) is 0 Å². The van der Waals surface area contributed by atoms with Crippen LogP contribution in [0.15, 0.2) is 67.0 Å². The highest BCUT2D eigenvalue weighted by Gasteiger charge is 2.11. The number of nitrogens with zero attached hydrogens (tertiary/aromatic N) is 3. The molecule has 1 N–H and O–H groups in total. The molecular formula is C20H14ClN3O2. The molecule has 0 amide bonds. The quantitative estimate of drug-likeness (QED) is 0.548. The molecular weight excluding hydrogens is 350 g/mol. The lowest BCUT2D eigenvalue weighted by Gasteiger charge is -2.08. The number of hydrogen-bond donors (Lipinski definition) is 1. The first kappa shape index (κ1) is 16.3. The van der Waals surface area contributed by atoms with Crippen LogP contribution in [0, 0.1) is 0 Å². The number of benzene rings is 1. The second-order valence-corrected chi connectivity index (χ2v) is 6.33. The topological polar surface area (TPSA) is 67.5 Å². The normalized spacial score (nSPS) is 11.0. The fourth-order valence-electron chi connectivity index (χ4n) is 2.96. The van der Waals surface area contributed by atoms with Crippen molar-refractivity contribution in [3.05, 3.63) is 89.0 Å². The standard InChI is InChI=1S/C20H14ClN3O2/c21-19-12-15(7-8-22-19)14-5-3-13(4-6-14)10-16-11-17(20(25)26)23-24-9-1-2-18(16)24/h1-9,11-12H,10H2,(H,25,26). The highest BCUT2D eigenvalue weighted by Crippen LogP contribution is 2.23. The van der Waals surface area contributed by atoms with Gasteiger partial charge in [0, 0.05) is 12.4 Å². The highest BCUT2D eigenvalue weighted by molar-refractivity contribution is 6.29. The summed E-state index contributed by atoms with van der Waals surface area (Å²) in [4.78, 5) is 15.3. The van der Waals surface area contributed by atoms with E-state index in [9.17, 15) is 9.90 Å². The summed E-state index contributed by atoms with van der Waals surface area (Å²) in [6.45, 7) is 0. The van der Waals surface area contributed by atoms with Crippen molar-refractivity contribution in [3.63, 3.8) is 0 Å². The molecule has 0 saturated heterocycles. The SMILES string of the molecule is O=C(O)c1cc(Cc2ccc(-c3ccnc(Cl)c3)cc2)c2cccn2n1. The molecule has 1 aromatic carbocycles. The zero-order valence-corrected chi connectivity index (χ0v) is 14.4. The lowest BCUT2D eigenvalue weighted by Crippen LogP contribution is -2.07. The third-order valence-corrected chi connectivity index (χ3v) is 4.42. The number of rotatable bonds is 4. The van der Waals surface area contributed by atoms with Gasteiger partial charge in [0.1, 0.15) is 5.15 Å². The van der Waals surface area contributed by atoms with Crippen molar-refractivity contribution >= 4 is 23.1 Å². The van der Waals surface area contributed by atoms with Gasteiger partial charge >= 0.3 is 5.97 Å². The number of pyridine rings is 1. The third-order valence-electron chi connectivity index (χ3n) is 4.21. The first-order valence-electron chi connectivity index (χ1n) is 8.01. The molecule has 0 unspecified atom stereocenters. The van der Waals surface area contributed by atoms with Crippen LogP contribution in [-0.4, -0.2) is 25.7 Å². The predicted molar refractivity (Wildman–Crippen MR) is 99.6 cm³/mol. The molecule has 0 atom stereocenters. The minimum atomic E-state index is -1.04. The van der Waals surface area contributed by atoms with E-state index in [4.69, 9.17) is 11.6 Å². The van der Waals surface area contributed by atoms with E-state index in [1.807, 2.05) is 48.5 Å². The average Bonchev–Trinajstić information content (AvgIpc) is 3.11. The molecule has 3 aromatic heterocycles. The number of hydrogen-bond acceptors (Lipinski definition) is 3. The third kappa shape index (κ3) is 3.17. The van der Waals surface area contributed by atoms with E-state index < -0.39 is 5.97 Å². The molecule has 0 radical (unpaired) electrons. The summed E-state index contributed by atoms with van der Waals surface area (Å²) >= 11 is 5.95. The Kier molecular flexibility index (Phi) is 4.14. The summed E-state index contributed by atoms with van der Waals surface area (Å²) in [5, 5.41) is 13.8. The molecule has 6 heteroatoms. The molecule has 0 bridgehead atoms. The van der Waals surface area contributed by atoms with Gasteiger partial charge in [0.15, 0.2) is 5.69 Å². The van der Waals surface area contributed by atoms with Crippen LogP contribution in [0.3, 0.4) is 0 Å².